The van der Waals surface area contributed by atoms with Crippen molar-refractivity contribution < 1.29 is 14.8 Å². The molecule has 0 rings (SSSR count). The summed E-state index contributed by atoms with van der Waals surface area (Å²) in [5.74, 6) is -0.658. The lowest BCUT2D eigenvalue weighted by atomic mass is 10.2. The second-order valence-electron chi connectivity index (χ2n) is 1.91. The molecule has 0 spiro atoms. The number of allylic oxidation sites excluding steroid dienone is 1. The highest BCUT2D eigenvalue weighted by atomic mass is 16.9. The lowest BCUT2D eigenvalue weighted by Gasteiger charge is -2.00. The van der Waals surface area contributed by atoms with E-state index in [1.165, 1.54) is 5.64 Å². The van der Waals surface area contributed by atoms with Gasteiger partial charge < -0.3 is 4.84 Å². The third-order valence-electron chi connectivity index (χ3n) is 1.08. The Morgan fingerprint density at radius 3 is 2.82 bits per heavy atom. The van der Waals surface area contributed by atoms with Gasteiger partial charge in [-0.3, -0.25) is 5.21 Å². The smallest absolute Gasteiger partial charge is 0.341 e. The molecule has 2 N–H and O–H groups in total. The van der Waals surface area contributed by atoms with E-state index in [1.807, 2.05) is 0 Å². The first-order valence-electron chi connectivity index (χ1n) is 3.11. The van der Waals surface area contributed by atoms with Crippen LogP contribution in [0.5, 0.6) is 0 Å². The van der Waals surface area contributed by atoms with E-state index in [0.29, 0.717) is 18.4 Å². The molecule has 0 aliphatic carbocycles. The van der Waals surface area contributed by atoms with E-state index >= 15 is 0 Å². The van der Waals surface area contributed by atoms with Crippen LogP contribution in [0, 0.1) is 0 Å². The fraction of sp³-hybridized carbons (Fsp3) is 0.286. The molecule has 0 radical (unpaired) electrons. The second-order valence-corrected chi connectivity index (χ2v) is 1.91. The van der Waals surface area contributed by atoms with Crippen molar-refractivity contribution in [2.45, 2.75) is 12.8 Å². The minimum absolute atomic E-state index is 0.298. The molecule has 11 heavy (non-hydrogen) atoms. The Balaban J connectivity index is 3.64. The van der Waals surface area contributed by atoms with Gasteiger partial charge in [0.2, 0.25) is 0 Å². The molecule has 0 unspecified atom stereocenters. The molecule has 0 aromatic heterocycles. The molecule has 0 atom stereocenters. The first kappa shape index (κ1) is 9.87. The highest BCUT2D eigenvalue weighted by Crippen LogP contribution is 2.03. The quantitative estimate of drug-likeness (QED) is 0.354. The van der Waals surface area contributed by atoms with Crippen molar-refractivity contribution in [3.05, 3.63) is 24.8 Å². The summed E-state index contributed by atoms with van der Waals surface area (Å²) in [5.41, 5.74) is 1.59. The summed E-state index contributed by atoms with van der Waals surface area (Å²) in [6.45, 7) is 6.92. The largest absolute Gasteiger partial charge is 0.354 e. The third kappa shape index (κ3) is 4.30. The van der Waals surface area contributed by atoms with Gasteiger partial charge in [0.05, 0.1) is 0 Å². The van der Waals surface area contributed by atoms with Gasteiger partial charge in [-0.2, -0.15) is 0 Å². The lowest BCUT2D eigenvalue weighted by Crippen LogP contribution is -2.16. The lowest BCUT2D eigenvalue weighted by molar-refractivity contribution is -0.171. The predicted octanol–water partition coefficient (Wildman–Crippen LogP) is 0.946. The van der Waals surface area contributed by atoms with Crippen molar-refractivity contribution in [1.29, 1.82) is 0 Å². The van der Waals surface area contributed by atoms with E-state index in [0.717, 1.165) is 0 Å². The molecule has 0 amide bonds. The predicted molar refractivity (Wildman–Crippen MR) is 39.6 cm³/mol. The Hall–Kier alpha value is -1.13. The van der Waals surface area contributed by atoms with Crippen LogP contribution in [-0.4, -0.2) is 11.2 Å². The van der Waals surface area contributed by atoms with Gasteiger partial charge >= 0.3 is 5.97 Å². The SMILES string of the molecule is C=CCCC(=C)C(=O)ONO. The molecule has 4 nitrogen and oxygen atoms in total. The van der Waals surface area contributed by atoms with Crippen LogP contribution < -0.4 is 5.64 Å². The van der Waals surface area contributed by atoms with Crippen molar-refractivity contribution in [1.82, 2.24) is 5.64 Å². The molecule has 62 valence electrons. The Bertz CT molecular complexity index is 165. The Morgan fingerprint density at radius 2 is 2.36 bits per heavy atom. The van der Waals surface area contributed by atoms with Crippen molar-refractivity contribution in [2.75, 3.05) is 0 Å². The average molecular weight is 157 g/mol. The Morgan fingerprint density at radius 1 is 1.73 bits per heavy atom. The standard InChI is InChI=1S/C7H11NO3/c1-3-4-5-6(2)7(9)11-8-10/h3,8,10H,1-2,4-5H2. The molecule has 0 aromatic rings. The number of nitrogens with one attached hydrogen (secondary N) is 1. The molecule has 0 aliphatic rings. The van der Waals surface area contributed by atoms with Crippen LogP contribution >= 0.6 is 0 Å². The summed E-state index contributed by atoms with van der Waals surface area (Å²) in [7, 11) is 0. The van der Waals surface area contributed by atoms with E-state index < -0.39 is 5.97 Å². The molecule has 0 saturated carbocycles. The van der Waals surface area contributed by atoms with Gasteiger partial charge in [0.15, 0.2) is 0 Å². The summed E-state index contributed by atoms with van der Waals surface area (Å²) >= 11 is 0. The molecule has 4 heteroatoms. The molecule has 0 fully saturated rings. The summed E-state index contributed by atoms with van der Waals surface area (Å²) < 4.78 is 0. The highest BCUT2D eigenvalue weighted by Gasteiger charge is 2.06. The Kier molecular flexibility index (Phi) is 5.06. The van der Waals surface area contributed by atoms with E-state index in [2.05, 4.69) is 18.0 Å². The zero-order valence-corrected chi connectivity index (χ0v) is 6.17. The van der Waals surface area contributed by atoms with Gasteiger partial charge in [-0.25, -0.2) is 4.79 Å². The highest BCUT2D eigenvalue weighted by molar-refractivity contribution is 5.87. The topological polar surface area (TPSA) is 58.6 Å². The molecular formula is C7H11NO3. The third-order valence-corrected chi connectivity index (χ3v) is 1.08. The van der Waals surface area contributed by atoms with Gasteiger partial charge in [0.25, 0.3) is 0 Å². The van der Waals surface area contributed by atoms with Crippen LogP contribution in [0.4, 0.5) is 0 Å². The van der Waals surface area contributed by atoms with E-state index in [4.69, 9.17) is 5.21 Å². The van der Waals surface area contributed by atoms with Crippen molar-refractivity contribution in [2.24, 2.45) is 0 Å². The van der Waals surface area contributed by atoms with Gasteiger partial charge in [-0.1, -0.05) is 12.7 Å². The summed E-state index contributed by atoms with van der Waals surface area (Å²) in [6, 6.07) is 0. The van der Waals surface area contributed by atoms with Gasteiger partial charge in [-0.05, 0) is 18.5 Å². The van der Waals surface area contributed by atoms with Crippen molar-refractivity contribution in [3.8, 4) is 0 Å². The van der Waals surface area contributed by atoms with E-state index in [-0.39, 0.29) is 0 Å². The molecule has 0 heterocycles. The van der Waals surface area contributed by atoms with Crippen LogP contribution in [0.3, 0.4) is 0 Å². The van der Waals surface area contributed by atoms with Gasteiger partial charge in [-0.15, -0.1) is 6.58 Å². The number of hydrogen-bond acceptors (Lipinski definition) is 4. The van der Waals surface area contributed by atoms with Crippen LogP contribution in [0.15, 0.2) is 24.8 Å². The monoisotopic (exact) mass is 157 g/mol. The van der Waals surface area contributed by atoms with Crippen LogP contribution in [0.1, 0.15) is 12.8 Å². The first-order valence-corrected chi connectivity index (χ1v) is 3.11. The number of rotatable bonds is 5. The van der Waals surface area contributed by atoms with E-state index in [9.17, 15) is 4.79 Å². The van der Waals surface area contributed by atoms with Gasteiger partial charge in [0, 0.05) is 5.57 Å². The minimum atomic E-state index is -0.658. The molecule has 0 aromatic carbocycles. The molecular weight excluding hydrogens is 146 g/mol. The van der Waals surface area contributed by atoms with Gasteiger partial charge in [0.1, 0.15) is 0 Å². The number of carbonyl (C=O) groups excluding carboxylic acids is 1. The van der Waals surface area contributed by atoms with Crippen LogP contribution in [0.25, 0.3) is 0 Å². The van der Waals surface area contributed by atoms with Crippen LogP contribution in [0.2, 0.25) is 0 Å². The van der Waals surface area contributed by atoms with Crippen molar-refractivity contribution in [3.63, 3.8) is 0 Å². The van der Waals surface area contributed by atoms with E-state index in [1.54, 1.807) is 6.08 Å². The minimum Gasteiger partial charge on any atom is -0.341 e. The molecule has 0 aliphatic heterocycles. The number of carbonyl (C=O) groups is 1. The maximum Gasteiger partial charge on any atom is 0.354 e. The van der Waals surface area contributed by atoms with Crippen molar-refractivity contribution >= 4 is 5.97 Å². The second kappa shape index (κ2) is 5.64. The fourth-order valence-electron chi connectivity index (χ4n) is 0.492. The normalized spacial score (nSPS) is 8.82. The maximum atomic E-state index is 10.7. The Labute approximate surface area is 65.1 Å². The molecule has 0 saturated heterocycles. The number of hydrogen-bond donors (Lipinski definition) is 2. The molecule has 0 bridgehead atoms. The summed E-state index contributed by atoms with van der Waals surface area (Å²) in [4.78, 5) is 14.7. The summed E-state index contributed by atoms with van der Waals surface area (Å²) in [5, 5.41) is 7.96. The zero-order valence-electron chi connectivity index (χ0n) is 6.17. The fourth-order valence-corrected chi connectivity index (χ4v) is 0.492. The average Bonchev–Trinajstić information content (AvgIpc) is 2.00. The zero-order chi connectivity index (χ0) is 8.69. The maximum absolute atomic E-state index is 10.7. The summed E-state index contributed by atoms with van der Waals surface area (Å²) in [6.07, 6.45) is 2.83. The first-order chi connectivity index (χ1) is 5.22. The van der Waals surface area contributed by atoms with Crippen LogP contribution in [-0.2, 0) is 9.63 Å².